The zero-order valence-electron chi connectivity index (χ0n) is 19.7. The first-order chi connectivity index (χ1) is 17.5. The van der Waals surface area contributed by atoms with Gasteiger partial charge in [-0.25, -0.2) is 5.43 Å². The summed E-state index contributed by atoms with van der Waals surface area (Å²) in [6.07, 6.45) is 1.46. The van der Waals surface area contributed by atoms with E-state index in [0.29, 0.717) is 51.7 Å². The topological polar surface area (TPSA) is 82.3 Å². The molecular weight excluding hydrogens is 503 g/mol. The number of nitrogens with zero attached hydrogens (tertiary/aromatic N) is 1. The molecule has 0 aliphatic carbocycles. The van der Waals surface area contributed by atoms with Crippen LogP contribution in [0.2, 0.25) is 10.0 Å². The maximum Gasteiger partial charge on any atom is 0.307 e. The highest BCUT2D eigenvalue weighted by atomic mass is 35.5. The molecule has 0 aliphatic rings. The molecule has 0 radical (unpaired) electrons. The zero-order chi connectivity index (χ0) is 25.5. The lowest BCUT2D eigenvalue weighted by atomic mass is 10.2. The number of ether oxygens (including phenoxy) is 3. The summed E-state index contributed by atoms with van der Waals surface area (Å²) in [5, 5.41) is 5.73. The van der Waals surface area contributed by atoms with E-state index in [1.165, 1.54) is 6.21 Å². The number of fused-ring (bicyclic) bond motifs is 1. The number of carbonyl (C=O) groups is 1. The summed E-state index contributed by atoms with van der Waals surface area (Å²) in [6.45, 7) is 4.95. The molecule has 4 aromatic rings. The summed E-state index contributed by atoms with van der Waals surface area (Å²) in [5.41, 5.74) is 4.47. The molecule has 0 aliphatic heterocycles. The van der Waals surface area contributed by atoms with Crippen molar-refractivity contribution in [2.45, 2.75) is 20.5 Å². The van der Waals surface area contributed by atoms with Crippen LogP contribution in [0.15, 0.2) is 70.2 Å². The molecule has 1 aromatic heterocycles. The molecule has 1 N–H and O–H groups in total. The molecule has 186 valence electrons. The molecule has 1 heterocycles. The van der Waals surface area contributed by atoms with E-state index < -0.39 is 5.91 Å². The molecule has 1 amide bonds. The van der Waals surface area contributed by atoms with Crippen molar-refractivity contribution in [2.75, 3.05) is 13.2 Å². The van der Waals surface area contributed by atoms with Gasteiger partial charge in [0.1, 0.15) is 17.9 Å². The van der Waals surface area contributed by atoms with Crippen LogP contribution in [0, 0.1) is 0 Å². The number of hydrogen-bond acceptors (Lipinski definition) is 6. The maximum absolute atomic E-state index is 12.5. The van der Waals surface area contributed by atoms with Gasteiger partial charge in [0.05, 0.1) is 24.5 Å². The SMILES string of the molecule is CCOc1ccc2oc(C(=O)N/N=C/c3cc(Cl)c(OCc4ccccc4Cl)c(OCC)c3)cc2c1. The first kappa shape index (κ1) is 25.4. The Balaban J connectivity index is 1.46. The van der Waals surface area contributed by atoms with Gasteiger partial charge in [-0.1, -0.05) is 41.4 Å². The summed E-state index contributed by atoms with van der Waals surface area (Å²) in [6, 6.07) is 17.8. The van der Waals surface area contributed by atoms with Crippen LogP contribution in [-0.4, -0.2) is 25.3 Å². The van der Waals surface area contributed by atoms with Crippen molar-refractivity contribution >= 4 is 46.3 Å². The van der Waals surface area contributed by atoms with Gasteiger partial charge in [0.25, 0.3) is 0 Å². The number of rotatable bonds is 10. The second-order valence-corrected chi connectivity index (χ2v) is 8.40. The van der Waals surface area contributed by atoms with Gasteiger partial charge in [-0.2, -0.15) is 5.10 Å². The highest BCUT2D eigenvalue weighted by Gasteiger charge is 2.15. The molecule has 0 saturated heterocycles. The number of hydrazone groups is 1. The van der Waals surface area contributed by atoms with Gasteiger partial charge >= 0.3 is 5.91 Å². The number of carbonyl (C=O) groups excluding carboxylic acids is 1. The average Bonchev–Trinajstić information content (AvgIpc) is 3.29. The fraction of sp³-hybridized carbons (Fsp3) is 0.185. The fourth-order valence-electron chi connectivity index (χ4n) is 3.44. The van der Waals surface area contributed by atoms with E-state index in [4.69, 9.17) is 41.8 Å². The van der Waals surface area contributed by atoms with E-state index in [0.717, 1.165) is 10.9 Å². The largest absolute Gasteiger partial charge is 0.494 e. The Morgan fingerprint density at radius 3 is 2.56 bits per heavy atom. The third-order valence-electron chi connectivity index (χ3n) is 5.06. The van der Waals surface area contributed by atoms with E-state index in [9.17, 15) is 4.79 Å². The van der Waals surface area contributed by atoms with Crippen molar-refractivity contribution in [3.05, 3.63) is 87.6 Å². The van der Waals surface area contributed by atoms with Crippen LogP contribution in [0.4, 0.5) is 0 Å². The minimum Gasteiger partial charge on any atom is -0.494 e. The van der Waals surface area contributed by atoms with Crippen LogP contribution in [-0.2, 0) is 6.61 Å². The van der Waals surface area contributed by atoms with Crippen LogP contribution in [0.25, 0.3) is 11.0 Å². The summed E-state index contributed by atoms with van der Waals surface area (Å²) in [5.74, 6) is 1.20. The Hall–Kier alpha value is -3.68. The van der Waals surface area contributed by atoms with Gasteiger partial charge in [0.15, 0.2) is 17.3 Å². The number of furan rings is 1. The van der Waals surface area contributed by atoms with Gasteiger partial charge in [-0.05, 0) is 61.9 Å². The van der Waals surface area contributed by atoms with Crippen LogP contribution in [0.1, 0.15) is 35.5 Å². The molecule has 0 atom stereocenters. The highest BCUT2D eigenvalue weighted by Crippen LogP contribution is 2.37. The van der Waals surface area contributed by atoms with Crippen LogP contribution in [0.5, 0.6) is 17.2 Å². The van der Waals surface area contributed by atoms with E-state index in [2.05, 4.69) is 10.5 Å². The Bertz CT molecular complexity index is 1400. The number of nitrogens with one attached hydrogen (secondary N) is 1. The summed E-state index contributed by atoms with van der Waals surface area (Å²) >= 11 is 12.7. The smallest absolute Gasteiger partial charge is 0.307 e. The lowest BCUT2D eigenvalue weighted by molar-refractivity contribution is 0.0929. The fourth-order valence-corrected chi connectivity index (χ4v) is 3.91. The Kier molecular flexibility index (Phi) is 8.36. The molecule has 7 nitrogen and oxygen atoms in total. The summed E-state index contributed by atoms with van der Waals surface area (Å²) < 4.78 is 22.7. The van der Waals surface area contributed by atoms with E-state index in [1.54, 1.807) is 36.4 Å². The normalized spacial score (nSPS) is 11.1. The number of benzene rings is 3. The minimum atomic E-state index is -0.490. The van der Waals surface area contributed by atoms with E-state index in [1.807, 2.05) is 38.1 Å². The first-order valence-electron chi connectivity index (χ1n) is 11.3. The first-order valence-corrected chi connectivity index (χ1v) is 12.1. The van der Waals surface area contributed by atoms with Crippen molar-refractivity contribution in [1.29, 1.82) is 0 Å². The van der Waals surface area contributed by atoms with Crippen LogP contribution < -0.4 is 19.6 Å². The minimum absolute atomic E-state index is 0.132. The average molecular weight is 527 g/mol. The number of hydrogen-bond donors (Lipinski definition) is 1. The standard InChI is InChI=1S/C27H24Cl2N2O5/c1-3-33-20-9-10-23-19(13-20)14-25(36-23)27(32)31-30-15-17-11-22(29)26(24(12-17)34-4-2)35-16-18-7-5-6-8-21(18)28/h5-15H,3-4,16H2,1-2H3,(H,31,32)/b30-15+. The van der Waals surface area contributed by atoms with Crippen LogP contribution in [0.3, 0.4) is 0 Å². The quantitative estimate of drug-likeness (QED) is 0.180. The predicted molar refractivity (Wildman–Crippen MR) is 141 cm³/mol. The Labute approximate surface area is 218 Å². The summed E-state index contributed by atoms with van der Waals surface area (Å²) in [7, 11) is 0. The Morgan fingerprint density at radius 1 is 0.972 bits per heavy atom. The number of halogens is 2. The van der Waals surface area contributed by atoms with E-state index >= 15 is 0 Å². The van der Waals surface area contributed by atoms with Crippen molar-refractivity contribution in [1.82, 2.24) is 5.43 Å². The molecule has 0 saturated carbocycles. The third-order valence-corrected chi connectivity index (χ3v) is 5.71. The Morgan fingerprint density at radius 2 is 1.78 bits per heavy atom. The van der Waals surface area contributed by atoms with Gasteiger partial charge in [-0.3, -0.25) is 4.79 Å². The molecule has 3 aromatic carbocycles. The molecule has 0 fully saturated rings. The second-order valence-electron chi connectivity index (χ2n) is 7.59. The van der Waals surface area contributed by atoms with Crippen LogP contribution >= 0.6 is 23.2 Å². The second kappa shape index (κ2) is 11.8. The molecular formula is C27H24Cl2N2O5. The molecule has 0 spiro atoms. The van der Waals surface area contributed by atoms with Crippen molar-refractivity contribution in [2.24, 2.45) is 5.10 Å². The van der Waals surface area contributed by atoms with E-state index in [-0.39, 0.29) is 12.4 Å². The predicted octanol–water partition coefficient (Wildman–Crippen LogP) is 6.88. The highest BCUT2D eigenvalue weighted by molar-refractivity contribution is 6.32. The molecule has 0 bridgehead atoms. The van der Waals surface area contributed by atoms with Crippen molar-refractivity contribution in [3.63, 3.8) is 0 Å². The number of amides is 1. The third kappa shape index (κ3) is 6.11. The zero-order valence-corrected chi connectivity index (χ0v) is 21.2. The molecule has 0 unspecified atom stereocenters. The molecule has 36 heavy (non-hydrogen) atoms. The monoisotopic (exact) mass is 526 g/mol. The molecule has 4 rings (SSSR count). The maximum atomic E-state index is 12.5. The van der Waals surface area contributed by atoms with Gasteiger partial charge in [-0.15, -0.1) is 0 Å². The van der Waals surface area contributed by atoms with Crippen molar-refractivity contribution < 1.29 is 23.4 Å². The molecule has 9 heteroatoms. The van der Waals surface area contributed by atoms with Crippen molar-refractivity contribution in [3.8, 4) is 17.2 Å². The van der Waals surface area contributed by atoms with Gasteiger partial charge < -0.3 is 18.6 Å². The summed E-state index contributed by atoms with van der Waals surface area (Å²) in [4.78, 5) is 12.5. The van der Waals surface area contributed by atoms with Gasteiger partial charge in [0, 0.05) is 16.0 Å². The lowest BCUT2D eigenvalue weighted by Gasteiger charge is -2.15. The lowest BCUT2D eigenvalue weighted by Crippen LogP contribution is -2.16. The van der Waals surface area contributed by atoms with Gasteiger partial charge in [0.2, 0.25) is 0 Å².